The van der Waals surface area contributed by atoms with Gasteiger partial charge in [-0.15, -0.1) is 0 Å². The van der Waals surface area contributed by atoms with Crippen LogP contribution in [-0.4, -0.2) is 90.5 Å². The number of nitrogens with zero attached hydrogens (tertiary/aromatic N) is 3. The molecule has 0 aromatic heterocycles. The Balaban J connectivity index is 5.36. The molecule has 0 amide bonds. The quantitative estimate of drug-likeness (QED) is 0.255. The standard InChI is InChI=1S/C24H55N3OSi/c1-10-17-25(4)20-13-24(14-21-26(5)18-11-2,15-22-27(6)19-12-3)16-23-29(8,9)28-7/h10-23H2,1-9H3. The lowest BCUT2D eigenvalue weighted by molar-refractivity contribution is 0.132. The maximum Gasteiger partial charge on any atom is 0.186 e. The first-order chi connectivity index (χ1) is 13.6. The van der Waals surface area contributed by atoms with E-state index in [0.29, 0.717) is 5.41 Å². The Morgan fingerprint density at radius 3 is 1.24 bits per heavy atom. The molecule has 0 aromatic rings. The predicted octanol–water partition coefficient (Wildman–Crippen LogP) is 5.41. The smallest absolute Gasteiger partial charge is 0.186 e. The molecular weight excluding hydrogens is 374 g/mol. The first kappa shape index (κ1) is 29.1. The average Bonchev–Trinajstić information content (AvgIpc) is 2.67. The van der Waals surface area contributed by atoms with Crippen molar-refractivity contribution in [3.8, 4) is 0 Å². The van der Waals surface area contributed by atoms with Gasteiger partial charge in [0.1, 0.15) is 0 Å². The van der Waals surface area contributed by atoms with Crippen molar-refractivity contribution in [2.75, 3.05) is 67.5 Å². The first-order valence-electron chi connectivity index (χ1n) is 12.2. The zero-order valence-corrected chi connectivity index (χ0v) is 22.6. The van der Waals surface area contributed by atoms with Crippen molar-refractivity contribution in [1.29, 1.82) is 0 Å². The van der Waals surface area contributed by atoms with E-state index in [2.05, 4.69) is 69.7 Å². The van der Waals surface area contributed by atoms with Gasteiger partial charge in [0.25, 0.3) is 0 Å². The van der Waals surface area contributed by atoms with Crippen LogP contribution in [0, 0.1) is 5.41 Å². The van der Waals surface area contributed by atoms with Gasteiger partial charge in [-0.2, -0.15) is 0 Å². The highest BCUT2D eigenvalue weighted by Gasteiger charge is 2.33. The van der Waals surface area contributed by atoms with Crippen LogP contribution >= 0.6 is 0 Å². The second-order valence-electron chi connectivity index (χ2n) is 10.1. The summed E-state index contributed by atoms with van der Waals surface area (Å²) in [4.78, 5) is 7.62. The highest BCUT2D eigenvalue weighted by molar-refractivity contribution is 6.71. The van der Waals surface area contributed by atoms with Crippen molar-refractivity contribution in [2.45, 2.75) is 84.9 Å². The van der Waals surface area contributed by atoms with Crippen molar-refractivity contribution < 1.29 is 4.43 Å². The molecule has 0 atom stereocenters. The van der Waals surface area contributed by atoms with Crippen molar-refractivity contribution in [2.24, 2.45) is 5.41 Å². The molecular formula is C24H55N3OSi. The summed E-state index contributed by atoms with van der Waals surface area (Å²) in [5.74, 6) is 0. The topological polar surface area (TPSA) is 19.0 Å². The van der Waals surface area contributed by atoms with Crippen LogP contribution in [0.2, 0.25) is 19.1 Å². The largest absolute Gasteiger partial charge is 0.420 e. The van der Waals surface area contributed by atoms with E-state index >= 15 is 0 Å². The van der Waals surface area contributed by atoms with E-state index in [4.69, 9.17) is 4.43 Å². The second kappa shape index (κ2) is 15.8. The highest BCUT2D eigenvalue weighted by Crippen LogP contribution is 2.39. The van der Waals surface area contributed by atoms with Crippen LogP contribution in [0.4, 0.5) is 0 Å². The fourth-order valence-electron chi connectivity index (χ4n) is 4.18. The number of hydrogen-bond acceptors (Lipinski definition) is 4. The van der Waals surface area contributed by atoms with Gasteiger partial charge in [-0.3, -0.25) is 0 Å². The summed E-state index contributed by atoms with van der Waals surface area (Å²) in [5, 5.41) is 0. The van der Waals surface area contributed by atoms with Crippen LogP contribution in [0.15, 0.2) is 0 Å². The zero-order chi connectivity index (χ0) is 22.3. The van der Waals surface area contributed by atoms with Crippen LogP contribution < -0.4 is 0 Å². The zero-order valence-electron chi connectivity index (χ0n) is 21.6. The summed E-state index contributed by atoms with van der Waals surface area (Å²) in [6.45, 7) is 18.9. The average molecular weight is 430 g/mol. The molecule has 4 nitrogen and oxygen atoms in total. The molecule has 5 heteroatoms. The molecule has 0 bridgehead atoms. The Bertz CT molecular complexity index is 352. The van der Waals surface area contributed by atoms with Crippen molar-refractivity contribution in [3.63, 3.8) is 0 Å². The van der Waals surface area contributed by atoms with E-state index in [1.807, 2.05) is 7.11 Å². The third-order valence-electron chi connectivity index (χ3n) is 6.70. The summed E-state index contributed by atoms with van der Waals surface area (Å²) in [7, 11) is 7.28. The van der Waals surface area contributed by atoms with Gasteiger partial charge >= 0.3 is 0 Å². The van der Waals surface area contributed by atoms with Gasteiger partial charge in [-0.25, -0.2) is 0 Å². The third kappa shape index (κ3) is 13.9. The van der Waals surface area contributed by atoms with E-state index in [0.717, 1.165) is 0 Å². The molecule has 0 saturated heterocycles. The van der Waals surface area contributed by atoms with Crippen LogP contribution in [-0.2, 0) is 4.43 Å². The van der Waals surface area contributed by atoms with Crippen molar-refractivity contribution in [3.05, 3.63) is 0 Å². The highest BCUT2D eigenvalue weighted by atomic mass is 28.4. The third-order valence-corrected chi connectivity index (χ3v) is 9.26. The molecule has 176 valence electrons. The van der Waals surface area contributed by atoms with Crippen LogP contribution in [0.5, 0.6) is 0 Å². The maximum atomic E-state index is 5.93. The van der Waals surface area contributed by atoms with Gasteiger partial charge in [0, 0.05) is 7.11 Å². The molecule has 0 aliphatic heterocycles. The summed E-state index contributed by atoms with van der Waals surface area (Å²) in [6.07, 6.45) is 9.00. The molecule has 0 heterocycles. The Labute approximate surface area is 185 Å². The normalized spacial score (nSPS) is 13.2. The van der Waals surface area contributed by atoms with Crippen LogP contribution in [0.3, 0.4) is 0 Å². The predicted molar refractivity (Wildman–Crippen MR) is 134 cm³/mol. The fourth-order valence-corrected chi connectivity index (χ4v) is 5.52. The SMILES string of the molecule is CCCN(C)CCC(CCN(C)CCC)(CCN(C)CCC)CC[Si](C)(C)OC. The molecule has 0 radical (unpaired) electrons. The minimum atomic E-state index is -1.54. The van der Waals surface area contributed by atoms with E-state index in [1.165, 1.54) is 90.3 Å². The van der Waals surface area contributed by atoms with Crippen LogP contribution in [0.25, 0.3) is 0 Å². The van der Waals surface area contributed by atoms with Gasteiger partial charge in [0.05, 0.1) is 0 Å². The molecule has 0 rings (SSSR count). The molecule has 0 aromatic carbocycles. The molecule has 0 aliphatic rings. The Morgan fingerprint density at radius 1 is 0.621 bits per heavy atom. The van der Waals surface area contributed by atoms with Gasteiger partial charge in [-0.05, 0) is 130 Å². The molecule has 29 heavy (non-hydrogen) atoms. The van der Waals surface area contributed by atoms with Gasteiger partial charge < -0.3 is 19.1 Å². The molecule has 0 unspecified atom stereocenters. The second-order valence-corrected chi connectivity index (χ2v) is 14.6. The summed E-state index contributed by atoms with van der Waals surface area (Å²) >= 11 is 0. The fraction of sp³-hybridized carbons (Fsp3) is 1.00. The Hall–Kier alpha value is 0.0569. The molecule has 0 aliphatic carbocycles. The number of rotatable bonds is 19. The minimum Gasteiger partial charge on any atom is -0.420 e. The van der Waals surface area contributed by atoms with Gasteiger partial charge in [-0.1, -0.05) is 20.8 Å². The molecule has 0 saturated carbocycles. The van der Waals surface area contributed by atoms with Crippen molar-refractivity contribution >= 4 is 8.32 Å². The van der Waals surface area contributed by atoms with Crippen molar-refractivity contribution in [1.82, 2.24) is 14.7 Å². The van der Waals surface area contributed by atoms with E-state index in [-0.39, 0.29) is 0 Å². The first-order valence-corrected chi connectivity index (χ1v) is 15.4. The molecule has 0 fully saturated rings. The van der Waals surface area contributed by atoms with E-state index < -0.39 is 8.32 Å². The van der Waals surface area contributed by atoms with E-state index in [1.54, 1.807) is 0 Å². The van der Waals surface area contributed by atoms with Gasteiger partial charge in [0.2, 0.25) is 0 Å². The molecule has 0 N–H and O–H groups in total. The van der Waals surface area contributed by atoms with E-state index in [9.17, 15) is 0 Å². The summed E-state index contributed by atoms with van der Waals surface area (Å²) < 4.78 is 5.93. The summed E-state index contributed by atoms with van der Waals surface area (Å²) in [6, 6.07) is 1.27. The monoisotopic (exact) mass is 429 g/mol. The Kier molecular flexibility index (Phi) is 15.8. The maximum absolute atomic E-state index is 5.93. The summed E-state index contributed by atoms with van der Waals surface area (Å²) in [5.41, 5.74) is 0.425. The molecule has 0 spiro atoms. The van der Waals surface area contributed by atoms with Gasteiger partial charge in [0.15, 0.2) is 8.32 Å². The lowest BCUT2D eigenvalue weighted by Crippen LogP contribution is -2.38. The lowest BCUT2D eigenvalue weighted by Gasteiger charge is -2.39. The lowest BCUT2D eigenvalue weighted by atomic mass is 9.75. The Morgan fingerprint density at radius 2 is 0.966 bits per heavy atom. The minimum absolute atomic E-state index is 0.425. The number of hydrogen-bond donors (Lipinski definition) is 0. The van der Waals surface area contributed by atoms with Crippen LogP contribution in [0.1, 0.15) is 65.7 Å².